The van der Waals surface area contributed by atoms with Crippen LogP contribution in [-0.4, -0.2) is 50.8 Å². The number of ether oxygens (including phenoxy) is 1. The zero-order chi connectivity index (χ0) is 15.0. The molecule has 0 radical (unpaired) electrons. The summed E-state index contributed by atoms with van der Waals surface area (Å²) in [7, 11) is 1.80. The fourth-order valence-electron chi connectivity index (χ4n) is 2.62. The summed E-state index contributed by atoms with van der Waals surface area (Å²) in [5.74, 6) is 0.658. The molecule has 8 heteroatoms. The van der Waals surface area contributed by atoms with E-state index in [1.165, 1.54) is 0 Å². The number of anilines is 1. The van der Waals surface area contributed by atoms with Crippen LogP contribution in [0.2, 0.25) is 0 Å². The maximum Gasteiger partial charge on any atom is 0.347 e. The highest BCUT2D eigenvalue weighted by Gasteiger charge is 2.22. The van der Waals surface area contributed by atoms with Gasteiger partial charge in [-0.05, 0) is 13.8 Å². The predicted molar refractivity (Wildman–Crippen MR) is 77.2 cm³/mol. The Morgan fingerprint density at radius 1 is 1.48 bits per heavy atom. The Labute approximate surface area is 121 Å². The van der Waals surface area contributed by atoms with Crippen molar-refractivity contribution in [2.24, 2.45) is 7.05 Å². The van der Waals surface area contributed by atoms with Crippen molar-refractivity contribution < 1.29 is 4.74 Å². The van der Waals surface area contributed by atoms with Crippen molar-refractivity contribution in [3.05, 3.63) is 22.2 Å². The second kappa shape index (κ2) is 5.28. The molecule has 0 aromatic carbocycles. The minimum Gasteiger partial charge on any atom is -0.377 e. The molecule has 3 heterocycles. The van der Waals surface area contributed by atoms with Gasteiger partial charge >= 0.3 is 5.69 Å². The molecular formula is C13H18N6O2. The summed E-state index contributed by atoms with van der Waals surface area (Å²) in [5.41, 5.74) is 1.85. The summed E-state index contributed by atoms with van der Waals surface area (Å²) in [5, 5.41) is 7.99. The molecule has 2 aromatic rings. The average molecular weight is 290 g/mol. The third-order valence-electron chi connectivity index (χ3n) is 3.64. The van der Waals surface area contributed by atoms with Crippen molar-refractivity contribution >= 4 is 5.82 Å². The van der Waals surface area contributed by atoms with Gasteiger partial charge in [0, 0.05) is 19.7 Å². The molecule has 8 nitrogen and oxygen atoms in total. The number of hydrogen-bond donors (Lipinski definition) is 1. The van der Waals surface area contributed by atoms with Crippen molar-refractivity contribution in [3.8, 4) is 11.4 Å². The van der Waals surface area contributed by atoms with E-state index in [4.69, 9.17) is 4.74 Å². The minimum absolute atomic E-state index is 0.187. The molecule has 2 aromatic heterocycles. The molecule has 0 bridgehead atoms. The first-order valence-electron chi connectivity index (χ1n) is 6.88. The quantitative estimate of drug-likeness (QED) is 0.844. The lowest BCUT2D eigenvalue weighted by molar-refractivity contribution is 0.0985. The van der Waals surface area contributed by atoms with E-state index < -0.39 is 0 Å². The van der Waals surface area contributed by atoms with E-state index >= 15 is 0 Å². The van der Waals surface area contributed by atoms with Gasteiger partial charge in [-0.2, -0.15) is 4.98 Å². The summed E-state index contributed by atoms with van der Waals surface area (Å²) in [6.07, 6.45) is 0. The summed E-state index contributed by atoms with van der Waals surface area (Å²) in [4.78, 5) is 20.8. The van der Waals surface area contributed by atoms with Crippen LogP contribution in [-0.2, 0) is 11.8 Å². The predicted octanol–water partition coefficient (Wildman–Crippen LogP) is 0.0989. The number of nitrogens with zero attached hydrogens (tertiary/aromatic N) is 5. The largest absolute Gasteiger partial charge is 0.377 e. The number of morpholine rings is 1. The molecule has 21 heavy (non-hydrogen) atoms. The number of rotatable bonds is 2. The molecule has 1 N–H and O–H groups in total. The lowest BCUT2D eigenvalue weighted by Crippen LogP contribution is -2.44. The fraction of sp³-hybridized carbons (Fsp3) is 0.538. The molecule has 1 fully saturated rings. The van der Waals surface area contributed by atoms with Crippen molar-refractivity contribution in [2.45, 2.75) is 19.9 Å². The van der Waals surface area contributed by atoms with E-state index in [-0.39, 0.29) is 11.7 Å². The highest BCUT2D eigenvalue weighted by atomic mass is 16.5. The maximum absolute atomic E-state index is 11.9. The molecule has 0 saturated carbocycles. The highest BCUT2D eigenvalue weighted by Crippen LogP contribution is 2.23. The zero-order valence-electron chi connectivity index (χ0n) is 12.3. The molecule has 1 saturated heterocycles. The zero-order valence-corrected chi connectivity index (χ0v) is 12.3. The first-order valence-corrected chi connectivity index (χ1v) is 6.88. The molecule has 1 aliphatic heterocycles. The van der Waals surface area contributed by atoms with E-state index in [9.17, 15) is 4.79 Å². The van der Waals surface area contributed by atoms with Gasteiger partial charge in [-0.25, -0.2) is 9.48 Å². The van der Waals surface area contributed by atoms with Gasteiger partial charge in [0.25, 0.3) is 0 Å². The Kier molecular flexibility index (Phi) is 3.46. The van der Waals surface area contributed by atoms with Gasteiger partial charge in [-0.3, -0.25) is 0 Å². The summed E-state index contributed by atoms with van der Waals surface area (Å²) >= 11 is 0. The lowest BCUT2D eigenvalue weighted by atomic mass is 10.2. The smallest absolute Gasteiger partial charge is 0.347 e. The van der Waals surface area contributed by atoms with Gasteiger partial charge in [0.1, 0.15) is 11.5 Å². The van der Waals surface area contributed by atoms with Crippen molar-refractivity contribution in [3.63, 3.8) is 0 Å². The SMILES string of the molecule is Cc1nnn(C)c1-c1cc(N2CCOC[C@H]2C)nc(=O)[nH]1. The Bertz CT molecular complexity index is 687. The van der Waals surface area contributed by atoms with Gasteiger partial charge in [0.2, 0.25) is 0 Å². The number of nitrogens with one attached hydrogen (secondary N) is 1. The number of aromatic nitrogens is 5. The van der Waals surface area contributed by atoms with Crippen LogP contribution in [0, 0.1) is 6.92 Å². The van der Waals surface area contributed by atoms with Gasteiger partial charge < -0.3 is 14.6 Å². The molecule has 112 valence electrons. The van der Waals surface area contributed by atoms with Crippen LogP contribution in [0.1, 0.15) is 12.6 Å². The van der Waals surface area contributed by atoms with E-state index in [1.54, 1.807) is 11.7 Å². The fourth-order valence-corrected chi connectivity index (χ4v) is 2.62. The number of hydrogen-bond acceptors (Lipinski definition) is 6. The van der Waals surface area contributed by atoms with Gasteiger partial charge in [-0.15, -0.1) is 5.10 Å². The second-order valence-electron chi connectivity index (χ2n) is 5.22. The number of aryl methyl sites for hydroxylation is 2. The molecule has 3 rings (SSSR count). The molecular weight excluding hydrogens is 272 g/mol. The average Bonchev–Trinajstić information content (AvgIpc) is 2.78. The molecule has 0 spiro atoms. The van der Waals surface area contributed by atoms with Crippen LogP contribution in [0.3, 0.4) is 0 Å². The minimum atomic E-state index is -0.373. The van der Waals surface area contributed by atoms with Crippen LogP contribution in [0.5, 0.6) is 0 Å². The van der Waals surface area contributed by atoms with Crippen LogP contribution in [0.15, 0.2) is 10.9 Å². The Balaban J connectivity index is 2.06. The van der Waals surface area contributed by atoms with E-state index in [0.29, 0.717) is 24.7 Å². The first kappa shape index (κ1) is 13.7. The van der Waals surface area contributed by atoms with Crippen LogP contribution < -0.4 is 10.6 Å². The van der Waals surface area contributed by atoms with Crippen LogP contribution >= 0.6 is 0 Å². The normalized spacial score (nSPS) is 19.0. The molecule has 1 aliphatic rings. The molecule has 0 aliphatic carbocycles. The van der Waals surface area contributed by atoms with Gasteiger partial charge in [0.15, 0.2) is 0 Å². The summed E-state index contributed by atoms with van der Waals surface area (Å²) in [6, 6.07) is 2.06. The van der Waals surface area contributed by atoms with Crippen molar-refractivity contribution in [2.75, 3.05) is 24.7 Å². The first-order chi connectivity index (χ1) is 10.1. The van der Waals surface area contributed by atoms with E-state index in [2.05, 4.69) is 32.1 Å². The standard InChI is InChI=1S/C13H18N6O2/c1-8-7-21-5-4-19(8)11-6-10(14-13(20)15-11)12-9(2)16-17-18(12)3/h6,8H,4-5,7H2,1-3H3,(H,14,15,20)/t8-/m1/s1. The van der Waals surface area contributed by atoms with E-state index in [0.717, 1.165) is 17.9 Å². The molecule has 1 atom stereocenters. The Morgan fingerprint density at radius 2 is 2.29 bits per heavy atom. The van der Waals surface area contributed by atoms with Crippen molar-refractivity contribution in [1.29, 1.82) is 0 Å². The summed E-state index contributed by atoms with van der Waals surface area (Å²) in [6.45, 7) is 5.91. The number of aromatic amines is 1. The molecule has 0 unspecified atom stereocenters. The van der Waals surface area contributed by atoms with Crippen LogP contribution in [0.25, 0.3) is 11.4 Å². The Morgan fingerprint density at radius 3 is 2.95 bits per heavy atom. The van der Waals surface area contributed by atoms with Gasteiger partial charge in [0.05, 0.1) is 30.6 Å². The summed E-state index contributed by atoms with van der Waals surface area (Å²) < 4.78 is 7.07. The third-order valence-corrected chi connectivity index (χ3v) is 3.64. The van der Waals surface area contributed by atoms with Crippen molar-refractivity contribution in [1.82, 2.24) is 25.0 Å². The van der Waals surface area contributed by atoms with Crippen LogP contribution in [0.4, 0.5) is 5.82 Å². The van der Waals surface area contributed by atoms with E-state index in [1.807, 2.05) is 13.0 Å². The van der Waals surface area contributed by atoms with Gasteiger partial charge in [-0.1, -0.05) is 5.21 Å². The topological polar surface area (TPSA) is 88.9 Å². The monoisotopic (exact) mass is 290 g/mol. The third kappa shape index (κ3) is 2.54. The lowest BCUT2D eigenvalue weighted by Gasteiger charge is -2.34. The second-order valence-corrected chi connectivity index (χ2v) is 5.22. The maximum atomic E-state index is 11.9. The Hall–Kier alpha value is -2.22. The number of H-pyrrole nitrogens is 1. The highest BCUT2D eigenvalue weighted by molar-refractivity contribution is 5.61. The molecule has 0 amide bonds.